The maximum absolute atomic E-state index is 11.1. The minimum atomic E-state index is -0.951. The zero-order valence-corrected chi connectivity index (χ0v) is 8.23. The number of nitrogens with zero attached hydrogens (tertiary/aromatic N) is 2. The Kier molecular flexibility index (Phi) is 6.24. The predicted octanol–water partition coefficient (Wildman–Crippen LogP) is -1.06. The number of hydrogen-bond acceptors (Lipinski definition) is 6. The molecule has 8 nitrogen and oxygen atoms in total. The number of ether oxygens (including phenoxy) is 1. The summed E-state index contributed by atoms with van der Waals surface area (Å²) in [6, 6.07) is 0.675. The number of urea groups is 1. The molecule has 0 spiro atoms. The highest BCUT2D eigenvalue weighted by Gasteiger charge is 2.14. The number of hydrogen-bond donors (Lipinski definition) is 2. The second-order valence-electron chi connectivity index (χ2n) is 2.13. The first kappa shape index (κ1) is 12.9. The van der Waals surface area contributed by atoms with Gasteiger partial charge >= 0.3 is 6.03 Å². The Bertz CT molecular complexity index is 307. The lowest BCUT2D eigenvalue weighted by Crippen LogP contribution is -2.43. The second-order valence-corrected chi connectivity index (χ2v) is 2.13. The van der Waals surface area contributed by atoms with Crippen LogP contribution in [0, 0.1) is 11.3 Å². The van der Waals surface area contributed by atoms with E-state index in [0.717, 1.165) is 0 Å². The molecule has 0 fully saturated rings. The van der Waals surface area contributed by atoms with Crippen molar-refractivity contribution in [3.63, 3.8) is 0 Å². The molecule has 0 aliphatic carbocycles. The second kappa shape index (κ2) is 7.28. The smallest absolute Gasteiger partial charge is 0.323 e. The van der Waals surface area contributed by atoms with E-state index in [4.69, 9.17) is 5.26 Å². The Hall–Kier alpha value is -2.14. The Balaban J connectivity index is 4.18. The van der Waals surface area contributed by atoms with E-state index >= 15 is 0 Å². The third kappa shape index (κ3) is 5.22. The van der Waals surface area contributed by atoms with E-state index in [2.05, 4.69) is 20.0 Å². The van der Waals surface area contributed by atoms with Crippen LogP contribution in [0.3, 0.4) is 0 Å². The minimum absolute atomic E-state index is 0.0532. The topological polar surface area (TPSA) is 113 Å². The van der Waals surface area contributed by atoms with Crippen LogP contribution in [0.25, 0.3) is 0 Å². The molecule has 0 aliphatic rings. The van der Waals surface area contributed by atoms with Crippen LogP contribution in [0.2, 0.25) is 0 Å². The van der Waals surface area contributed by atoms with Crippen LogP contribution in [0.15, 0.2) is 5.16 Å². The molecular formula is C7H10N4O4. The standard InChI is InChI=1S/C7H10N4O4/c1-14-4-9-7(13)10-6(12)5(3-8)11-15-2/h4H2,1-2H3,(H2,9,10,12,13). The van der Waals surface area contributed by atoms with Gasteiger partial charge in [0.1, 0.15) is 19.9 Å². The molecule has 8 heteroatoms. The van der Waals surface area contributed by atoms with Crippen molar-refractivity contribution in [2.75, 3.05) is 21.0 Å². The summed E-state index contributed by atoms with van der Waals surface area (Å²) in [6.45, 7) is -0.0532. The number of carbonyl (C=O) groups is 2. The molecule has 0 heterocycles. The number of oxime groups is 1. The maximum atomic E-state index is 11.1. The molecule has 15 heavy (non-hydrogen) atoms. The highest BCUT2D eigenvalue weighted by Crippen LogP contribution is 1.79. The fourth-order valence-electron chi connectivity index (χ4n) is 0.548. The summed E-state index contributed by atoms with van der Waals surface area (Å²) in [5.74, 6) is -0.951. The fraction of sp³-hybridized carbons (Fsp3) is 0.429. The van der Waals surface area contributed by atoms with E-state index in [9.17, 15) is 9.59 Å². The highest BCUT2D eigenvalue weighted by molar-refractivity contribution is 6.46. The van der Waals surface area contributed by atoms with Crippen LogP contribution >= 0.6 is 0 Å². The van der Waals surface area contributed by atoms with Crippen molar-refractivity contribution < 1.29 is 19.2 Å². The van der Waals surface area contributed by atoms with Crippen LogP contribution < -0.4 is 10.6 Å². The van der Waals surface area contributed by atoms with Crippen molar-refractivity contribution in [2.24, 2.45) is 5.16 Å². The predicted molar refractivity (Wildman–Crippen MR) is 48.6 cm³/mol. The van der Waals surface area contributed by atoms with E-state index in [1.165, 1.54) is 20.3 Å². The van der Waals surface area contributed by atoms with Gasteiger partial charge in [0.25, 0.3) is 5.91 Å². The highest BCUT2D eigenvalue weighted by atomic mass is 16.6. The Labute approximate surface area is 85.8 Å². The zero-order valence-electron chi connectivity index (χ0n) is 8.23. The van der Waals surface area contributed by atoms with Gasteiger partial charge in [-0.3, -0.25) is 10.1 Å². The number of methoxy groups -OCH3 is 1. The van der Waals surface area contributed by atoms with Crippen molar-refractivity contribution in [1.29, 1.82) is 5.26 Å². The van der Waals surface area contributed by atoms with Gasteiger partial charge in [0.05, 0.1) is 0 Å². The molecular weight excluding hydrogens is 204 g/mol. The molecule has 0 rings (SSSR count). The minimum Gasteiger partial charge on any atom is -0.398 e. The SMILES string of the molecule is COCNC(=O)NC(=O)C(C#N)=NOC. The fourth-order valence-corrected chi connectivity index (χ4v) is 0.548. The molecule has 0 bridgehead atoms. The van der Waals surface area contributed by atoms with Gasteiger partial charge in [-0.1, -0.05) is 5.16 Å². The van der Waals surface area contributed by atoms with Crippen LogP contribution in [0.1, 0.15) is 0 Å². The van der Waals surface area contributed by atoms with Gasteiger partial charge in [0.2, 0.25) is 5.71 Å². The average Bonchev–Trinajstić information content (AvgIpc) is 2.22. The van der Waals surface area contributed by atoms with Gasteiger partial charge in [-0.05, 0) is 0 Å². The molecule has 2 N–H and O–H groups in total. The molecule has 0 unspecified atom stereocenters. The number of nitrogens with one attached hydrogen (secondary N) is 2. The first-order chi connectivity index (χ1) is 7.15. The van der Waals surface area contributed by atoms with Crippen molar-refractivity contribution in [2.45, 2.75) is 0 Å². The van der Waals surface area contributed by atoms with E-state index in [1.807, 2.05) is 5.32 Å². The van der Waals surface area contributed by atoms with Crippen LogP contribution in [0.4, 0.5) is 4.79 Å². The molecule has 0 aromatic rings. The largest absolute Gasteiger partial charge is 0.398 e. The number of imide groups is 1. The van der Waals surface area contributed by atoms with Gasteiger partial charge in [-0.25, -0.2) is 4.79 Å². The molecule has 0 saturated heterocycles. The van der Waals surface area contributed by atoms with Crippen LogP contribution in [-0.4, -0.2) is 38.6 Å². The van der Waals surface area contributed by atoms with E-state index < -0.39 is 17.6 Å². The van der Waals surface area contributed by atoms with Gasteiger partial charge in [-0.2, -0.15) is 5.26 Å². The Morgan fingerprint density at radius 2 is 2.13 bits per heavy atom. The molecule has 0 aromatic carbocycles. The molecule has 0 radical (unpaired) electrons. The van der Waals surface area contributed by atoms with Crippen LogP contribution in [-0.2, 0) is 14.4 Å². The average molecular weight is 214 g/mol. The van der Waals surface area contributed by atoms with Gasteiger partial charge in [0, 0.05) is 7.11 Å². The third-order valence-corrected chi connectivity index (χ3v) is 1.11. The molecule has 0 aromatic heterocycles. The summed E-state index contributed by atoms with van der Waals surface area (Å²) >= 11 is 0. The summed E-state index contributed by atoms with van der Waals surface area (Å²) in [5, 5.41) is 15.6. The molecule has 0 atom stereocenters. The number of rotatable bonds is 4. The lowest BCUT2D eigenvalue weighted by molar-refractivity contribution is -0.113. The molecule has 0 aliphatic heterocycles. The van der Waals surface area contributed by atoms with Crippen molar-refractivity contribution in [1.82, 2.24) is 10.6 Å². The van der Waals surface area contributed by atoms with E-state index in [1.54, 1.807) is 0 Å². The lowest BCUT2D eigenvalue weighted by Gasteiger charge is -2.03. The van der Waals surface area contributed by atoms with E-state index in [-0.39, 0.29) is 6.73 Å². The summed E-state index contributed by atoms with van der Waals surface area (Å²) in [7, 11) is 2.55. The van der Waals surface area contributed by atoms with Crippen LogP contribution in [0.5, 0.6) is 0 Å². The summed E-state index contributed by atoms with van der Waals surface area (Å²) in [4.78, 5) is 26.2. The van der Waals surface area contributed by atoms with Gasteiger partial charge < -0.3 is 14.9 Å². The first-order valence-corrected chi connectivity index (χ1v) is 3.75. The van der Waals surface area contributed by atoms with Crippen molar-refractivity contribution >= 4 is 17.6 Å². The van der Waals surface area contributed by atoms with Crippen molar-refractivity contribution in [3.8, 4) is 6.07 Å². The number of carbonyl (C=O) groups excluding carboxylic acids is 2. The maximum Gasteiger partial charge on any atom is 0.323 e. The quantitative estimate of drug-likeness (QED) is 0.352. The monoisotopic (exact) mass is 214 g/mol. The number of amides is 3. The Morgan fingerprint density at radius 1 is 1.47 bits per heavy atom. The van der Waals surface area contributed by atoms with Crippen molar-refractivity contribution in [3.05, 3.63) is 0 Å². The molecule has 82 valence electrons. The summed E-state index contributed by atoms with van der Waals surface area (Å²) in [5.41, 5.74) is -0.551. The molecule has 0 saturated carbocycles. The van der Waals surface area contributed by atoms with Gasteiger partial charge in [0.15, 0.2) is 0 Å². The molecule has 3 amide bonds. The summed E-state index contributed by atoms with van der Waals surface area (Å²) in [6.07, 6.45) is 0. The normalized spacial score (nSPS) is 10.1. The van der Waals surface area contributed by atoms with E-state index in [0.29, 0.717) is 0 Å². The zero-order chi connectivity index (χ0) is 11.7. The third-order valence-electron chi connectivity index (χ3n) is 1.11. The first-order valence-electron chi connectivity index (χ1n) is 3.75. The van der Waals surface area contributed by atoms with Gasteiger partial charge in [-0.15, -0.1) is 0 Å². The lowest BCUT2D eigenvalue weighted by atomic mass is 10.4. The number of nitriles is 1. The Morgan fingerprint density at radius 3 is 2.60 bits per heavy atom. The summed E-state index contributed by atoms with van der Waals surface area (Å²) < 4.78 is 4.53.